The van der Waals surface area contributed by atoms with Crippen molar-refractivity contribution in [2.75, 3.05) is 19.8 Å². The minimum atomic E-state index is 0.0466. The second-order valence-corrected chi connectivity index (χ2v) is 3.86. The van der Waals surface area contributed by atoms with E-state index in [2.05, 4.69) is 4.57 Å². The van der Waals surface area contributed by atoms with E-state index in [0.717, 1.165) is 23.0 Å². The highest BCUT2D eigenvalue weighted by atomic mass is 16.5. The summed E-state index contributed by atoms with van der Waals surface area (Å²) in [6.45, 7) is 1.75. The van der Waals surface area contributed by atoms with Gasteiger partial charge < -0.3 is 19.5 Å². The first-order chi connectivity index (χ1) is 8.36. The molecule has 1 aromatic heterocycles. The lowest BCUT2D eigenvalue weighted by atomic mass is 10.2. The summed E-state index contributed by atoms with van der Waals surface area (Å²) < 4.78 is 7.31. The number of aromatic nitrogens is 1. The van der Waals surface area contributed by atoms with Crippen LogP contribution in [0.25, 0.3) is 10.9 Å². The number of rotatable bonds is 6. The van der Waals surface area contributed by atoms with E-state index in [1.54, 1.807) is 0 Å². The second-order valence-electron chi connectivity index (χ2n) is 3.86. The Morgan fingerprint density at radius 3 is 2.71 bits per heavy atom. The van der Waals surface area contributed by atoms with Crippen molar-refractivity contribution in [1.29, 1.82) is 0 Å². The van der Waals surface area contributed by atoms with Crippen LogP contribution in [0.2, 0.25) is 0 Å². The Bertz CT molecular complexity index is 478. The van der Waals surface area contributed by atoms with Gasteiger partial charge in [-0.05, 0) is 6.07 Å². The molecule has 0 saturated heterocycles. The summed E-state index contributed by atoms with van der Waals surface area (Å²) in [5, 5.41) is 19.0. The summed E-state index contributed by atoms with van der Waals surface area (Å²) in [4.78, 5) is 0. The fraction of sp³-hybridized carbons (Fsp3) is 0.385. The van der Waals surface area contributed by atoms with Gasteiger partial charge in [0.15, 0.2) is 0 Å². The number of ether oxygens (including phenoxy) is 1. The Labute approximate surface area is 100 Å². The van der Waals surface area contributed by atoms with Crippen LogP contribution in [0.5, 0.6) is 0 Å². The van der Waals surface area contributed by atoms with Gasteiger partial charge in [0, 0.05) is 29.2 Å². The molecular weight excluding hydrogens is 218 g/mol. The first-order valence-corrected chi connectivity index (χ1v) is 5.73. The maximum atomic E-state index is 9.28. The van der Waals surface area contributed by atoms with Crippen LogP contribution in [0.1, 0.15) is 5.56 Å². The Balaban J connectivity index is 2.16. The van der Waals surface area contributed by atoms with E-state index in [4.69, 9.17) is 9.84 Å². The molecule has 4 nitrogen and oxygen atoms in total. The lowest BCUT2D eigenvalue weighted by molar-refractivity contribution is 0.0875. The summed E-state index contributed by atoms with van der Waals surface area (Å²) in [7, 11) is 0. The zero-order valence-electron chi connectivity index (χ0n) is 9.67. The lowest BCUT2D eigenvalue weighted by Crippen LogP contribution is -2.07. The van der Waals surface area contributed by atoms with Gasteiger partial charge in [-0.25, -0.2) is 0 Å². The standard InChI is InChI=1S/C13H17NO3/c15-6-8-17-7-5-14-9-11(10-16)12-3-1-2-4-13(12)14/h1-4,9,15-16H,5-8,10H2. The van der Waals surface area contributed by atoms with Gasteiger partial charge in [-0.2, -0.15) is 0 Å². The summed E-state index contributed by atoms with van der Waals surface area (Å²) in [5.74, 6) is 0. The summed E-state index contributed by atoms with van der Waals surface area (Å²) in [6.07, 6.45) is 1.95. The summed E-state index contributed by atoms with van der Waals surface area (Å²) >= 11 is 0. The van der Waals surface area contributed by atoms with Gasteiger partial charge in [-0.15, -0.1) is 0 Å². The lowest BCUT2D eigenvalue weighted by Gasteiger charge is -2.05. The molecule has 2 aromatic rings. The van der Waals surface area contributed by atoms with E-state index < -0.39 is 0 Å². The minimum Gasteiger partial charge on any atom is -0.394 e. The third kappa shape index (κ3) is 2.66. The molecule has 0 saturated carbocycles. The smallest absolute Gasteiger partial charge is 0.0702 e. The normalized spacial score (nSPS) is 11.2. The molecule has 4 heteroatoms. The highest BCUT2D eigenvalue weighted by molar-refractivity contribution is 5.83. The van der Waals surface area contributed by atoms with Gasteiger partial charge >= 0.3 is 0 Å². The predicted octanol–water partition coefficient (Wildman–Crippen LogP) is 1.14. The van der Waals surface area contributed by atoms with Crippen molar-refractivity contribution < 1.29 is 14.9 Å². The number of hydrogen-bond donors (Lipinski definition) is 2. The molecule has 0 radical (unpaired) electrons. The number of aliphatic hydroxyl groups is 2. The molecule has 92 valence electrons. The van der Waals surface area contributed by atoms with Crippen LogP contribution >= 0.6 is 0 Å². The van der Waals surface area contributed by atoms with Crippen LogP contribution in [0.4, 0.5) is 0 Å². The average Bonchev–Trinajstić information content (AvgIpc) is 2.73. The second kappa shape index (κ2) is 5.82. The van der Waals surface area contributed by atoms with E-state index in [1.807, 2.05) is 30.5 Å². The Hall–Kier alpha value is -1.36. The van der Waals surface area contributed by atoms with Crippen LogP contribution in [-0.2, 0) is 17.9 Å². The monoisotopic (exact) mass is 235 g/mol. The fourth-order valence-corrected chi connectivity index (χ4v) is 1.96. The maximum absolute atomic E-state index is 9.28. The van der Waals surface area contributed by atoms with Gasteiger partial charge in [-0.3, -0.25) is 0 Å². The largest absolute Gasteiger partial charge is 0.394 e. The van der Waals surface area contributed by atoms with E-state index >= 15 is 0 Å². The molecule has 0 aliphatic rings. The maximum Gasteiger partial charge on any atom is 0.0702 e. The molecule has 2 rings (SSSR count). The molecule has 17 heavy (non-hydrogen) atoms. The van der Waals surface area contributed by atoms with Crippen molar-refractivity contribution in [3.8, 4) is 0 Å². The first-order valence-electron chi connectivity index (χ1n) is 5.73. The molecule has 1 heterocycles. The molecular formula is C13H17NO3. The van der Waals surface area contributed by atoms with Crippen molar-refractivity contribution in [2.45, 2.75) is 13.2 Å². The molecule has 0 aliphatic heterocycles. The number of benzene rings is 1. The third-order valence-electron chi connectivity index (χ3n) is 2.75. The van der Waals surface area contributed by atoms with Crippen LogP contribution < -0.4 is 0 Å². The van der Waals surface area contributed by atoms with Crippen molar-refractivity contribution in [2.24, 2.45) is 0 Å². The first kappa shape index (κ1) is 12.1. The quantitative estimate of drug-likeness (QED) is 0.738. The Morgan fingerprint density at radius 2 is 1.94 bits per heavy atom. The number of nitrogens with zero attached hydrogens (tertiary/aromatic N) is 1. The molecule has 1 aromatic carbocycles. The van der Waals surface area contributed by atoms with Gasteiger partial charge in [0.25, 0.3) is 0 Å². The number of fused-ring (bicyclic) bond motifs is 1. The summed E-state index contributed by atoms with van der Waals surface area (Å²) in [5.41, 5.74) is 2.03. The van der Waals surface area contributed by atoms with Crippen molar-refractivity contribution >= 4 is 10.9 Å². The van der Waals surface area contributed by atoms with E-state index in [1.165, 1.54) is 0 Å². The van der Waals surface area contributed by atoms with Gasteiger partial charge in [0.2, 0.25) is 0 Å². The molecule has 0 amide bonds. The number of hydrogen-bond acceptors (Lipinski definition) is 3. The molecule has 0 aliphatic carbocycles. The molecule has 0 unspecified atom stereocenters. The number of aliphatic hydroxyl groups excluding tert-OH is 2. The highest BCUT2D eigenvalue weighted by Gasteiger charge is 2.06. The molecule has 2 N–H and O–H groups in total. The van der Waals surface area contributed by atoms with Crippen LogP contribution in [-0.4, -0.2) is 34.6 Å². The van der Waals surface area contributed by atoms with Crippen molar-refractivity contribution in [1.82, 2.24) is 4.57 Å². The van der Waals surface area contributed by atoms with Gasteiger partial charge in [-0.1, -0.05) is 18.2 Å². The average molecular weight is 235 g/mol. The van der Waals surface area contributed by atoms with Crippen molar-refractivity contribution in [3.05, 3.63) is 36.0 Å². The zero-order valence-corrected chi connectivity index (χ0v) is 9.67. The molecule has 0 spiro atoms. The van der Waals surface area contributed by atoms with E-state index in [9.17, 15) is 5.11 Å². The van der Waals surface area contributed by atoms with Gasteiger partial charge in [0.1, 0.15) is 0 Å². The Morgan fingerprint density at radius 1 is 1.12 bits per heavy atom. The Kier molecular flexibility index (Phi) is 4.14. The highest BCUT2D eigenvalue weighted by Crippen LogP contribution is 2.21. The van der Waals surface area contributed by atoms with E-state index in [-0.39, 0.29) is 13.2 Å². The van der Waals surface area contributed by atoms with Crippen LogP contribution in [0, 0.1) is 0 Å². The minimum absolute atomic E-state index is 0.0466. The van der Waals surface area contributed by atoms with Crippen LogP contribution in [0.3, 0.4) is 0 Å². The third-order valence-corrected chi connectivity index (χ3v) is 2.75. The van der Waals surface area contributed by atoms with Gasteiger partial charge in [0.05, 0.1) is 26.4 Å². The summed E-state index contributed by atoms with van der Waals surface area (Å²) in [6, 6.07) is 7.98. The van der Waals surface area contributed by atoms with E-state index in [0.29, 0.717) is 13.2 Å². The molecule has 0 bridgehead atoms. The van der Waals surface area contributed by atoms with Crippen LogP contribution in [0.15, 0.2) is 30.5 Å². The van der Waals surface area contributed by atoms with Crippen molar-refractivity contribution in [3.63, 3.8) is 0 Å². The SMILES string of the molecule is OCCOCCn1cc(CO)c2ccccc21. The number of para-hydroxylation sites is 1. The molecule has 0 atom stereocenters. The molecule has 0 fully saturated rings. The predicted molar refractivity (Wildman–Crippen MR) is 65.8 cm³/mol. The fourth-order valence-electron chi connectivity index (χ4n) is 1.96. The topological polar surface area (TPSA) is 54.6 Å². The zero-order chi connectivity index (χ0) is 12.1.